The van der Waals surface area contributed by atoms with Crippen molar-refractivity contribution in [2.45, 2.75) is 19.3 Å². The van der Waals surface area contributed by atoms with Crippen LogP contribution in [-0.2, 0) is 14.3 Å². The van der Waals surface area contributed by atoms with Crippen LogP contribution in [0.3, 0.4) is 0 Å². The highest BCUT2D eigenvalue weighted by Gasteiger charge is 2.21. The standard InChI is InChI=1S/C13H25N3O3/c1-16(10-12(17)15-5-3-7-19-2)13(18)8-11-4-6-14-9-11/h11,14H,3-10H2,1-2H3,(H,15,17). The van der Waals surface area contributed by atoms with Crippen LogP contribution in [0.5, 0.6) is 0 Å². The molecule has 0 bridgehead atoms. The third-order valence-corrected chi connectivity index (χ3v) is 3.28. The zero-order chi connectivity index (χ0) is 14.1. The first-order valence-electron chi connectivity index (χ1n) is 6.83. The maximum Gasteiger partial charge on any atom is 0.239 e. The Bertz CT molecular complexity index is 291. The van der Waals surface area contributed by atoms with Crippen molar-refractivity contribution in [2.24, 2.45) is 5.92 Å². The number of hydrogen-bond acceptors (Lipinski definition) is 4. The van der Waals surface area contributed by atoms with Gasteiger partial charge in [-0.15, -0.1) is 0 Å². The highest BCUT2D eigenvalue weighted by atomic mass is 16.5. The summed E-state index contributed by atoms with van der Waals surface area (Å²) in [7, 11) is 3.31. The maximum atomic E-state index is 11.9. The van der Waals surface area contributed by atoms with Crippen molar-refractivity contribution in [1.82, 2.24) is 15.5 Å². The predicted molar refractivity (Wildman–Crippen MR) is 72.7 cm³/mol. The lowest BCUT2D eigenvalue weighted by atomic mass is 10.0. The molecule has 0 aromatic rings. The van der Waals surface area contributed by atoms with Crippen LogP contribution in [0.15, 0.2) is 0 Å². The number of nitrogens with one attached hydrogen (secondary N) is 2. The molecule has 1 saturated heterocycles. The van der Waals surface area contributed by atoms with E-state index in [4.69, 9.17) is 4.74 Å². The molecule has 2 N–H and O–H groups in total. The Hall–Kier alpha value is -1.14. The lowest BCUT2D eigenvalue weighted by Crippen LogP contribution is -2.39. The second-order valence-electron chi connectivity index (χ2n) is 5.01. The van der Waals surface area contributed by atoms with Gasteiger partial charge in [-0.25, -0.2) is 0 Å². The molecule has 1 heterocycles. The number of ether oxygens (including phenoxy) is 1. The molecule has 19 heavy (non-hydrogen) atoms. The molecule has 1 atom stereocenters. The molecule has 0 aliphatic carbocycles. The molecule has 1 unspecified atom stereocenters. The van der Waals surface area contributed by atoms with Gasteiger partial charge in [0.15, 0.2) is 0 Å². The van der Waals surface area contributed by atoms with Crippen LogP contribution >= 0.6 is 0 Å². The van der Waals surface area contributed by atoms with Crippen LogP contribution in [0.2, 0.25) is 0 Å². The zero-order valence-electron chi connectivity index (χ0n) is 11.9. The normalized spacial score (nSPS) is 18.3. The molecule has 0 aromatic heterocycles. The topological polar surface area (TPSA) is 70.7 Å². The summed E-state index contributed by atoms with van der Waals surface area (Å²) in [4.78, 5) is 25.0. The quantitative estimate of drug-likeness (QED) is 0.589. The Morgan fingerprint density at radius 3 is 2.89 bits per heavy atom. The van der Waals surface area contributed by atoms with E-state index in [1.165, 1.54) is 4.90 Å². The minimum Gasteiger partial charge on any atom is -0.385 e. The van der Waals surface area contributed by atoms with Crippen molar-refractivity contribution in [3.63, 3.8) is 0 Å². The first kappa shape index (κ1) is 15.9. The van der Waals surface area contributed by atoms with Crippen LogP contribution in [-0.4, -0.2) is 63.7 Å². The van der Waals surface area contributed by atoms with Gasteiger partial charge in [0, 0.05) is 33.7 Å². The summed E-state index contributed by atoms with van der Waals surface area (Å²) in [5.74, 6) is 0.344. The van der Waals surface area contributed by atoms with Crippen molar-refractivity contribution in [3.05, 3.63) is 0 Å². The molecule has 0 spiro atoms. The van der Waals surface area contributed by atoms with E-state index in [9.17, 15) is 9.59 Å². The van der Waals surface area contributed by atoms with E-state index in [0.29, 0.717) is 25.5 Å². The van der Waals surface area contributed by atoms with Crippen molar-refractivity contribution >= 4 is 11.8 Å². The number of methoxy groups -OCH3 is 1. The van der Waals surface area contributed by atoms with Crippen molar-refractivity contribution in [1.29, 1.82) is 0 Å². The third-order valence-electron chi connectivity index (χ3n) is 3.28. The monoisotopic (exact) mass is 271 g/mol. The molecule has 1 fully saturated rings. The van der Waals surface area contributed by atoms with Gasteiger partial charge in [0.25, 0.3) is 0 Å². The molecule has 2 amide bonds. The fourth-order valence-electron chi connectivity index (χ4n) is 2.10. The summed E-state index contributed by atoms with van der Waals surface area (Å²) in [6.45, 7) is 3.24. The van der Waals surface area contributed by atoms with Crippen molar-refractivity contribution in [3.8, 4) is 0 Å². The average molecular weight is 271 g/mol. The minimum absolute atomic E-state index is 0.0424. The summed E-state index contributed by atoms with van der Waals surface area (Å²) in [5, 5.41) is 6.01. The smallest absolute Gasteiger partial charge is 0.239 e. The molecule has 1 aliphatic heterocycles. The highest BCUT2D eigenvalue weighted by Crippen LogP contribution is 2.13. The molecular weight excluding hydrogens is 246 g/mol. The fraction of sp³-hybridized carbons (Fsp3) is 0.846. The minimum atomic E-state index is -0.114. The van der Waals surface area contributed by atoms with Crippen molar-refractivity contribution < 1.29 is 14.3 Å². The first-order valence-corrected chi connectivity index (χ1v) is 6.83. The summed E-state index contributed by atoms with van der Waals surface area (Å²) in [5.41, 5.74) is 0. The van der Waals surface area contributed by atoms with Crippen LogP contribution in [0.4, 0.5) is 0 Å². The number of amides is 2. The number of carbonyl (C=O) groups is 2. The Morgan fingerprint density at radius 2 is 2.26 bits per heavy atom. The summed E-state index contributed by atoms with van der Waals surface area (Å²) in [6.07, 6.45) is 2.36. The Balaban J connectivity index is 2.15. The van der Waals surface area contributed by atoms with E-state index in [1.807, 2.05) is 0 Å². The lowest BCUT2D eigenvalue weighted by molar-refractivity contribution is -0.135. The first-order chi connectivity index (χ1) is 9.13. The zero-order valence-corrected chi connectivity index (χ0v) is 11.9. The molecule has 0 aromatic carbocycles. The Kier molecular flexibility index (Phi) is 7.43. The fourth-order valence-corrected chi connectivity index (χ4v) is 2.10. The van der Waals surface area contributed by atoms with Gasteiger partial charge >= 0.3 is 0 Å². The van der Waals surface area contributed by atoms with Crippen LogP contribution in [0.25, 0.3) is 0 Å². The second-order valence-corrected chi connectivity index (χ2v) is 5.01. The van der Waals surface area contributed by atoms with Gasteiger partial charge in [-0.05, 0) is 31.8 Å². The number of carbonyl (C=O) groups excluding carboxylic acids is 2. The largest absolute Gasteiger partial charge is 0.385 e. The third kappa shape index (κ3) is 6.54. The molecule has 0 radical (unpaired) electrons. The Labute approximate surface area is 114 Å². The highest BCUT2D eigenvalue weighted by molar-refractivity contribution is 5.84. The van der Waals surface area contributed by atoms with Crippen LogP contribution < -0.4 is 10.6 Å². The summed E-state index contributed by atoms with van der Waals surface area (Å²) >= 11 is 0. The molecule has 110 valence electrons. The van der Waals surface area contributed by atoms with Crippen LogP contribution in [0, 0.1) is 5.92 Å². The van der Waals surface area contributed by atoms with Gasteiger partial charge in [0.1, 0.15) is 0 Å². The average Bonchev–Trinajstić information content (AvgIpc) is 2.87. The number of likely N-dealkylation sites (N-methyl/N-ethyl adjacent to an activating group) is 1. The van der Waals surface area contributed by atoms with Gasteiger partial charge in [0.2, 0.25) is 11.8 Å². The Morgan fingerprint density at radius 1 is 1.47 bits per heavy atom. The maximum absolute atomic E-state index is 11.9. The van der Waals surface area contributed by atoms with E-state index in [1.54, 1.807) is 14.2 Å². The second kappa shape index (κ2) is 8.87. The van der Waals surface area contributed by atoms with Crippen LogP contribution in [0.1, 0.15) is 19.3 Å². The summed E-state index contributed by atoms with van der Waals surface area (Å²) < 4.78 is 4.90. The van der Waals surface area contributed by atoms with E-state index in [-0.39, 0.29) is 18.4 Å². The van der Waals surface area contributed by atoms with E-state index in [0.717, 1.165) is 25.9 Å². The SMILES string of the molecule is COCCCNC(=O)CN(C)C(=O)CC1CCNC1. The lowest BCUT2D eigenvalue weighted by Gasteiger charge is -2.18. The van der Waals surface area contributed by atoms with Gasteiger partial charge in [-0.1, -0.05) is 0 Å². The number of hydrogen-bond donors (Lipinski definition) is 2. The molecule has 6 heteroatoms. The van der Waals surface area contributed by atoms with E-state index in [2.05, 4.69) is 10.6 Å². The molecular formula is C13H25N3O3. The van der Waals surface area contributed by atoms with Crippen molar-refractivity contribution in [2.75, 3.05) is 46.9 Å². The van der Waals surface area contributed by atoms with E-state index < -0.39 is 0 Å². The molecule has 1 aliphatic rings. The van der Waals surface area contributed by atoms with Gasteiger partial charge in [-0.2, -0.15) is 0 Å². The number of rotatable bonds is 8. The molecule has 0 saturated carbocycles. The predicted octanol–water partition coefficient (Wildman–Crippen LogP) is -0.403. The number of nitrogens with zero attached hydrogens (tertiary/aromatic N) is 1. The van der Waals surface area contributed by atoms with Gasteiger partial charge in [0.05, 0.1) is 6.54 Å². The van der Waals surface area contributed by atoms with Gasteiger partial charge in [-0.3, -0.25) is 9.59 Å². The summed E-state index contributed by atoms with van der Waals surface area (Å²) in [6, 6.07) is 0. The molecule has 6 nitrogen and oxygen atoms in total. The van der Waals surface area contributed by atoms with Gasteiger partial charge < -0.3 is 20.3 Å². The van der Waals surface area contributed by atoms with E-state index >= 15 is 0 Å². The molecule has 1 rings (SSSR count).